The van der Waals surface area contributed by atoms with E-state index < -0.39 is 0 Å². The Hall–Kier alpha value is -0.710. The third-order valence-electron chi connectivity index (χ3n) is 3.28. The maximum Gasteiger partial charge on any atom is 0.119 e. The summed E-state index contributed by atoms with van der Waals surface area (Å²) in [7, 11) is 1.71. The van der Waals surface area contributed by atoms with E-state index in [1.807, 2.05) is 23.9 Å². The van der Waals surface area contributed by atoms with Gasteiger partial charge in [0.2, 0.25) is 0 Å². The fourth-order valence-corrected chi connectivity index (χ4v) is 3.20. The molecule has 2 atom stereocenters. The Morgan fingerprint density at radius 3 is 3.11 bits per heavy atom. The maximum atomic E-state index is 5.94. The summed E-state index contributed by atoms with van der Waals surface area (Å²) in [4.78, 5) is 0. The number of hydrogen-bond donors (Lipinski definition) is 1. The van der Waals surface area contributed by atoms with Crippen molar-refractivity contribution >= 4 is 11.8 Å². The van der Waals surface area contributed by atoms with Crippen LogP contribution >= 0.6 is 11.8 Å². The molecule has 1 fully saturated rings. The van der Waals surface area contributed by atoms with Gasteiger partial charge in [0.1, 0.15) is 5.75 Å². The van der Waals surface area contributed by atoms with E-state index in [9.17, 15) is 0 Å². The quantitative estimate of drug-likeness (QED) is 0.868. The molecule has 1 N–H and O–H groups in total. The largest absolute Gasteiger partial charge is 0.497 e. The molecule has 1 saturated heterocycles. The van der Waals surface area contributed by atoms with Gasteiger partial charge in [0.15, 0.2) is 0 Å². The molecule has 1 aliphatic rings. The molecule has 0 saturated carbocycles. The van der Waals surface area contributed by atoms with Crippen molar-refractivity contribution in [1.82, 2.24) is 5.32 Å². The average molecular weight is 281 g/mol. The van der Waals surface area contributed by atoms with Gasteiger partial charge in [-0.15, -0.1) is 0 Å². The predicted octanol–water partition coefficient (Wildman–Crippen LogP) is 2.87. The Labute approximate surface area is 120 Å². The summed E-state index contributed by atoms with van der Waals surface area (Å²) < 4.78 is 11.3. The van der Waals surface area contributed by atoms with Crippen LogP contribution in [0.3, 0.4) is 0 Å². The molecule has 0 spiro atoms. The van der Waals surface area contributed by atoms with Crippen LogP contribution < -0.4 is 10.1 Å². The lowest BCUT2D eigenvalue weighted by Crippen LogP contribution is -2.38. The standard InChI is InChI=1S/C15H23NO2S/c1-3-7-16-15(14-11-19-9-8-18-14)12-5-4-6-13(10-12)17-2/h4-6,10,14-16H,3,7-9,11H2,1-2H3. The van der Waals surface area contributed by atoms with Gasteiger partial charge in [-0.3, -0.25) is 0 Å². The van der Waals surface area contributed by atoms with E-state index in [-0.39, 0.29) is 12.1 Å². The molecule has 2 unspecified atom stereocenters. The summed E-state index contributed by atoms with van der Waals surface area (Å²) >= 11 is 1.97. The molecular formula is C15H23NO2S. The van der Waals surface area contributed by atoms with E-state index in [4.69, 9.17) is 9.47 Å². The van der Waals surface area contributed by atoms with Crippen LogP contribution in [-0.2, 0) is 4.74 Å². The molecule has 0 aromatic heterocycles. The highest BCUT2D eigenvalue weighted by molar-refractivity contribution is 7.99. The summed E-state index contributed by atoms with van der Waals surface area (Å²) in [6.45, 7) is 4.04. The molecule has 1 aromatic rings. The van der Waals surface area contributed by atoms with Crippen molar-refractivity contribution in [3.05, 3.63) is 29.8 Å². The van der Waals surface area contributed by atoms with Gasteiger partial charge in [-0.2, -0.15) is 11.8 Å². The second-order valence-electron chi connectivity index (χ2n) is 4.69. The fourth-order valence-electron chi connectivity index (χ4n) is 2.30. The van der Waals surface area contributed by atoms with Crippen molar-refractivity contribution < 1.29 is 9.47 Å². The van der Waals surface area contributed by atoms with Gasteiger partial charge < -0.3 is 14.8 Å². The van der Waals surface area contributed by atoms with Crippen molar-refractivity contribution in [3.63, 3.8) is 0 Å². The molecule has 0 radical (unpaired) electrons. The molecule has 0 aliphatic carbocycles. The molecule has 1 heterocycles. The zero-order valence-electron chi connectivity index (χ0n) is 11.7. The topological polar surface area (TPSA) is 30.5 Å². The van der Waals surface area contributed by atoms with Gasteiger partial charge in [0, 0.05) is 11.5 Å². The van der Waals surface area contributed by atoms with E-state index in [1.54, 1.807) is 7.11 Å². The summed E-state index contributed by atoms with van der Waals surface area (Å²) in [5.41, 5.74) is 1.25. The zero-order valence-corrected chi connectivity index (χ0v) is 12.5. The van der Waals surface area contributed by atoms with Crippen LogP contribution in [0, 0.1) is 0 Å². The Kier molecular flexibility index (Phi) is 6.01. The molecule has 19 heavy (non-hydrogen) atoms. The number of methoxy groups -OCH3 is 1. The molecule has 3 nitrogen and oxygen atoms in total. The monoisotopic (exact) mass is 281 g/mol. The van der Waals surface area contributed by atoms with E-state index in [0.29, 0.717) is 0 Å². The van der Waals surface area contributed by atoms with Crippen molar-refractivity contribution in [2.24, 2.45) is 0 Å². The first-order valence-corrected chi connectivity index (χ1v) is 8.07. The Bertz CT molecular complexity index is 380. The molecular weight excluding hydrogens is 258 g/mol. The van der Waals surface area contributed by atoms with Gasteiger partial charge in [0.25, 0.3) is 0 Å². The SMILES string of the molecule is CCCNC(c1cccc(OC)c1)C1CSCCO1. The third-order valence-corrected chi connectivity index (χ3v) is 4.30. The van der Waals surface area contributed by atoms with Crippen LogP contribution in [0.5, 0.6) is 5.75 Å². The average Bonchev–Trinajstić information content (AvgIpc) is 2.49. The van der Waals surface area contributed by atoms with Crippen LogP contribution in [0.1, 0.15) is 24.9 Å². The lowest BCUT2D eigenvalue weighted by atomic mass is 10.0. The second kappa shape index (κ2) is 7.78. The van der Waals surface area contributed by atoms with Crippen LogP contribution in [0.2, 0.25) is 0 Å². The van der Waals surface area contributed by atoms with Crippen molar-refractivity contribution in [1.29, 1.82) is 0 Å². The lowest BCUT2D eigenvalue weighted by molar-refractivity contribution is 0.0467. The summed E-state index contributed by atoms with van der Waals surface area (Å²) in [6.07, 6.45) is 1.37. The van der Waals surface area contributed by atoms with Crippen molar-refractivity contribution in [2.75, 3.05) is 31.8 Å². The first kappa shape index (κ1) is 14.7. The summed E-state index contributed by atoms with van der Waals surface area (Å²) in [5, 5.41) is 3.61. The first-order chi connectivity index (χ1) is 9.35. The molecule has 1 aromatic carbocycles. The van der Waals surface area contributed by atoms with E-state index in [2.05, 4.69) is 24.4 Å². The second-order valence-corrected chi connectivity index (χ2v) is 5.84. The highest BCUT2D eigenvalue weighted by Crippen LogP contribution is 2.27. The zero-order chi connectivity index (χ0) is 13.5. The minimum Gasteiger partial charge on any atom is -0.497 e. The van der Waals surface area contributed by atoms with Crippen molar-refractivity contribution in [3.8, 4) is 5.75 Å². The van der Waals surface area contributed by atoms with Crippen molar-refractivity contribution in [2.45, 2.75) is 25.5 Å². The Morgan fingerprint density at radius 2 is 2.42 bits per heavy atom. The Morgan fingerprint density at radius 1 is 1.53 bits per heavy atom. The van der Waals surface area contributed by atoms with Crippen LogP contribution in [-0.4, -0.2) is 37.9 Å². The van der Waals surface area contributed by atoms with Gasteiger partial charge in [-0.1, -0.05) is 19.1 Å². The lowest BCUT2D eigenvalue weighted by Gasteiger charge is -2.31. The summed E-state index contributed by atoms with van der Waals surface area (Å²) in [5.74, 6) is 3.07. The van der Waals surface area contributed by atoms with Gasteiger partial charge in [0.05, 0.1) is 25.9 Å². The minimum atomic E-state index is 0.248. The van der Waals surface area contributed by atoms with Crippen LogP contribution in [0.25, 0.3) is 0 Å². The van der Waals surface area contributed by atoms with E-state index in [0.717, 1.165) is 36.8 Å². The fraction of sp³-hybridized carbons (Fsp3) is 0.600. The normalized spacial score (nSPS) is 21.1. The Balaban J connectivity index is 2.14. The number of rotatable bonds is 6. The van der Waals surface area contributed by atoms with Crippen LogP contribution in [0.15, 0.2) is 24.3 Å². The molecule has 0 amide bonds. The molecule has 106 valence electrons. The number of ether oxygens (including phenoxy) is 2. The van der Waals surface area contributed by atoms with Gasteiger partial charge in [-0.25, -0.2) is 0 Å². The van der Waals surface area contributed by atoms with E-state index >= 15 is 0 Å². The van der Waals surface area contributed by atoms with Gasteiger partial charge in [-0.05, 0) is 30.7 Å². The molecule has 4 heteroatoms. The smallest absolute Gasteiger partial charge is 0.119 e. The third kappa shape index (κ3) is 4.13. The predicted molar refractivity (Wildman–Crippen MR) is 81.1 cm³/mol. The molecule has 1 aliphatic heterocycles. The maximum absolute atomic E-state index is 5.94. The summed E-state index contributed by atoms with van der Waals surface area (Å²) in [6, 6.07) is 8.54. The molecule has 0 bridgehead atoms. The van der Waals surface area contributed by atoms with Crippen LogP contribution in [0.4, 0.5) is 0 Å². The number of hydrogen-bond acceptors (Lipinski definition) is 4. The van der Waals surface area contributed by atoms with E-state index in [1.165, 1.54) is 5.56 Å². The highest BCUT2D eigenvalue weighted by atomic mass is 32.2. The molecule has 2 rings (SSSR count). The van der Waals surface area contributed by atoms with Gasteiger partial charge >= 0.3 is 0 Å². The number of nitrogens with one attached hydrogen (secondary N) is 1. The number of thioether (sulfide) groups is 1. The number of benzene rings is 1. The highest BCUT2D eigenvalue weighted by Gasteiger charge is 2.26. The minimum absolute atomic E-state index is 0.248. The first-order valence-electron chi connectivity index (χ1n) is 6.92.